The first kappa shape index (κ1) is 16.0. The van der Waals surface area contributed by atoms with Crippen molar-refractivity contribution in [2.24, 2.45) is 11.8 Å². The Kier molecular flexibility index (Phi) is 7.00. The molecule has 20 heavy (non-hydrogen) atoms. The molecule has 4 nitrogen and oxygen atoms in total. The molecule has 0 atom stereocenters. The van der Waals surface area contributed by atoms with Crippen molar-refractivity contribution >= 4 is 0 Å². The number of hydrogen-bond acceptors (Lipinski definition) is 4. The fourth-order valence-corrected chi connectivity index (χ4v) is 2.63. The predicted octanol–water partition coefficient (Wildman–Crippen LogP) is 3.12. The monoisotopic (exact) mass is 284 g/mol. The molecule has 2 aliphatic heterocycles. The van der Waals surface area contributed by atoms with Crippen LogP contribution in [0.15, 0.2) is 12.2 Å². The lowest BCUT2D eigenvalue weighted by Crippen LogP contribution is -2.34. The maximum atomic E-state index is 5.74. The van der Waals surface area contributed by atoms with Crippen molar-refractivity contribution in [3.63, 3.8) is 0 Å². The van der Waals surface area contributed by atoms with Gasteiger partial charge in [-0.1, -0.05) is 25.5 Å². The first-order valence-corrected chi connectivity index (χ1v) is 7.91. The Morgan fingerprint density at radius 3 is 2.05 bits per heavy atom. The molecule has 0 amide bonds. The van der Waals surface area contributed by atoms with Crippen molar-refractivity contribution in [1.29, 1.82) is 0 Å². The second-order valence-corrected chi connectivity index (χ2v) is 5.71. The van der Waals surface area contributed by atoms with E-state index in [1.54, 1.807) is 0 Å². The van der Waals surface area contributed by atoms with Gasteiger partial charge in [0.05, 0.1) is 26.4 Å². The Hall–Kier alpha value is -0.420. The second-order valence-electron chi connectivity index (χ2n) is 5.71. The van der Waals surface area contributed by atoms with Crippen LogP contribution >= 0.6 is 0 Å². The van der Waals surface area contributed by atoms with Crippen LogP contribution in [-0.2, 0) is 18.9 Å². The molecule has 2 fully saturated rings. The smallest absolute Gasteiger partial charge is 0.157 e. The van der Waals surface area contributed by atoms with E-state index in [1.807, 2.05) is 6.92 Å². The molecule has 2 aliphatic rings. The summed E-state index contributed by atoms with van der Waals surface area (Å²) in [5, 5.41) is 0. The van der Waals surface area contributed by atoms with Crippen LogP contribution in [-0.4, -0.2) is 39.0 Å². The van der Waals surface area contributed by atoms with Crippen molar-refractivity contribution in [2.45, 2.75) is 52.1 Å². The molecule has 0 aliphatic carbocycles. The van der Waals surface area contributed by atoms with Crippen LogP contribution < -0.4 is 0 Å². The van der Waals surface area contributed by atoms with E-state index in [-0.39, 0.29) is 12.6 Å². The Bertz CT molecular complexity index is 276. The number of ether oxygens (including phenoxy) is 4. The minimum absolute atomic E-state index is 0.0139. The third-order valence-corrected chi connectivity index (χ3v) is 3.83. The molecule has 0 saturated carbocycles. The van der Waals surface area contributed by atoms with Gasteiger partial charge in [0.2, 0.25) is 0 Å². The van der Waals surface area contributed by atoms with Gasteiger partial charge in [0.15, 0.2) is 12.6 Å². The largest absolute Gasteiger partial charge is 0.352 e. The molecule has 0 spiro atoms. The molecule has 2 rings (SSSR count). The first-order valence-electron chi connectivity index (χ1n) is 7.91. The Labute approximate surface area is 122 Å². The average molecular weight is 284 g/mol. The van der Waals surface area contributed by atoms with Crippen molar-refractivity contribution in [3.8, 4) is 0 Å². The molecular weight excluding hydrogens is 256 g/mol. The molecule has 0 radical (unpaired) electrons. The van der Waals surface area contributed by atoms with Gasteiger partial charge in [-0.3, -0.25) is 0 Å². The second kappa shape index (κ2) is 8.78. The predicted molar refractivity (Wildman–Crippen MR) is 77.3 cm³/mol. The van der Waals surface area contributed by atoms with Gasteiger partial charge in [0, 0.05) is 11.8 Å². The maximum absolute atomic E-state index is 5.74. The molecule has 116 valence electrons. The van der Waals surface area contributed by atoms with Crippen molar-refractivity contribution < 1.29 is 18.9 Å². The topological polar surface area (TPSA) is 36.9 Å². The SMILES string of the molecule is C/C=C/C1COC(CCC2COC(CCC)OC2)OC1. The van der Waals surface area contributed by atoms with E-state index < -0.39 is 0 Å². The van der Waals surface area contributed by atoms with Crippen LogP contribution in [0.25, 0.3) is 0 Å². The lowest BCUT2D eigenvalue weighted by atomic mass is 10.0. The number of allylic oxidation sites excluding steroid dienone is 1. The summed E-state index contributed by atoms with van der Waals surface area (Å²) in [4.78, 5) is 0. The normalized spacial score (nSPS) is 35.5. The van der Waals surface area contributed by atoms with Crippen LogP contribution in [0.4, 0.5) is 0 Å². The average Bonchev–Trinajstić information content (AvgIpc) is 2.49. The van der Waals surface area contributed by atoms with Gasteiger partial charge in [-0.25, -0.2) is 0 Å². The van der Waals surface area contributed by atoms with Gasteiger partial charge >= 0.3 is 0 Å². The molecule has 4 heteroatoms. The molecule has 0 aromatic carbocycles. The minimum atomic E-state index is -0.0510. The summed E-state index contributed by atoms with van der Waals surface area (Å²) in [6.45, 7) is 7.33. The van der Waals surface area contributed by atoms with Crippen LogP contribution in [0.5, 0.6) is 0 Å². The minimum Gasteiger partial charge on any atom is -0.352 e. The highest BCUT2D eigenvalue weighted by Gasteiger charge is 2.25. The lowest BCUT2D eigenvalue weighted by Gasteiger charge is -2.32. The number of rotatable bonds is 6. The Morgan fingerprint density at radius 2 is 1.45 bits per heavy atom. The third-order valence-electron chi connectivity index (χ3n) is 3.83. The zero-order valence-corrected chi connectivity index (χ0v) is 12.8. The summed E-state index contributed by atoms with van der Waals surface area (Å²) in [5.41, 5.74) is 0. The zero-order valence-electron chi connectivity index (χ0n) is 12.8. The van der Waals surface area contributed by atoms with Gasteiger partial charge < -0.3 is 18.9 Å². The summed E-state index contributed by atoms with van der Waals surface area (Å²) < 4.78 is 22.9. The van der Waals surface area contributed by atoms with Crippen LogP contribution in [0, 0.1) is 11.8 Å². The summed E-state index contributed by atoms with van der Waals surface area (Å²) in [6, 6.07) is 0. The molecule has 0 aromatic rings. The van der Waals surface area contributed by atoms with E-state index in [0.29, 0.717) is 11.8 Å². The van der Waals surface area contributed by atoms with E-state index >= 15 is 0 Å². The molecule has 2 heterocycles. The van der Waals surface area contributed by atoms with E-state index in [0.717, 1.165) is 52.1 Å². The van der Waals surface area contributed by atoms with E-state index in [2.05, 4.69) is 19.1 Å². The van der Waals surface area contributed by atoms with Gasteiger partial charge in [-0.15, -0.1) is 0 Å². The number of hydrogen-bond donors (Lipinski definition) is 0. The van der Waals surface area contributed by atoms with E-state index in [1.165, 1.54) is 0 Å². The van der Waals surface area contributed by atoms with Gasteiger partial charge in [0.25, 0.3) is 0 Å². The standard InChI is InChI=1S/C16H28O4/c1-3-5-13-9-19-16(20-10-13)8-7-14-11-17-15(6-4-2)18-12-14/h3,5,13-16H,4,6-12H2,1-2H3/b5-3+. The van der Waals surface area contributed by atoms with E-state index in [4.69, 9.17) is 18.9 Å². The van der Waals surface area contributed by atoms with Gasteiger partial charge in [-0.2, -0.15) is 0 Å². The molecule has 0 bridgehead atoms. The highest BCUT2D eigenvalue weighted by molar-refractivity contribution is 4.86. The lowest BCUT2D eigenvalue weighted by molar-refractivity contribution is -0.215. The molecule has 0 aromatic heterocycles. The van der Waals surface area contributed by atoms with Crippen LogP contribution in [0.3, 0.4) is 0 Å². The fourth-order valence-electron chi connectivity index (χ4n) is 2.63. The summed E-state index contributed by atoms with van der Waals surface area (Å²) in [6.07, 6.45) is 8.23. The first-order chi connectivity index (χ1) is 9.81. The molecular formula is C16H28O4. The van der Waals surface area contributed by atoms with Gasteiger partial charge in [0.1, 0.15) is 0 Å². The zero-order chi connectivity index (χ0) is 14.2. The quantitative estimate of drug-likeness (QED) is 0.702. The fraction of sp³-hybridized carbons (Fsp3) is 0.875. The maximum Gasteiger partial charge on any atom is 0.157 e. The molecule has 0 unspecified atom stereocenters. The third kappa shape index (κ3) is 5.17. The molecule has 0 N–H and O–H groups in total. The summed E-state index contributed by atoms with van der Waals surface area (Å²) >= 11 is 0. The van der Waals surface area contributed by atoms with Crippen LogP contribution in [0.2, 0.25) is 0 Å². The van der Waals surface area contributed by atoms with E-state index in [9.17, 15) is 0 Å². The summed E-state index contributed by atoms with van der Waals surface area (Å²) in [5.74, 6) is 0.885. The van der Waals surface area contributed by atoms with Gasteiger partial charge in [-0.05, 0) is 26.2 Å². The molecule has 2 saturated heterocycles. The van der Waals surface area contributed by atoms with Crippen molar-refractivity contribution in [3.05, 3.63) is 12.2 Å². The highest BCUT2D eigenvalue weighted by atomic mass is 16.7. The Balaban J connectivity index is 1.58. The van der Waals surface area contributed by atoms with Crippen molar-refractivity contribution in [1.82, 2.24) is 0 Å². The summed E-state index contributed by atoms with van der Waals surface area (Å²) in [7, 11) is 0. The van der Waals surface area contributed by atoms with Crippen LogP contribution in [0.1, 0.15) is 39.5 Å². The van der Waals surface area contributed by atoms with Crippen molar-refractivity contribution in [2.75, 3.05) is 26.4 Å². The highest BCUT2D eigenvalue weighted by Crippen LogP contribution is 2.22. The Morgan fingerprint density at radius 1 is 0.850 bits per heavy atom.